The molecule has 10 heteroatoms. The van der Waals surface area contributed by atoms with Gasteiger partial charge in [0.05, 0.1) is 11.1 Å². The lowest BCUT2D eigenvalue weighted by Gasteiger charge is -2.14. The van der Waals surface area contributed by atoms with E-state index in [0.717, 1.165) is 12.1 Å². The van der Waals surface area contributed by atoms with Crippen LogP contribution in [-0.4, -0.2) is 27.3 Å². The fourth-order valence-corrected chi connectivity index (χ4v) is 2.90. The molecule has 0 saturated carbocycles. The summed E-state index contributed by atoms with van der Waals surface area (Å²) in [6.07, 6.45) is -4.36. The van der Waals surface area contributed by atoms with Crippen LogP contribution in [0.25, 0.3) is 11.1 Å². The van der Waals surface area contributed by atoms with Crippen LogP contribution in [0.2, 0.25) is 0 Å². The van der Waals surface area contributed by atoms with Gasteiger partial charge in [-0.15, -0.1) is 0 Å². The number of nitrogens with zero attached hydrogens (tertiary/aromatic N) is 2. The van der Waals surface area contributed by atoms with Gasteiger partial charge in [0.25, 0.3) is 5.91 Å². The number of hydrogen-bond acceptors (Lipinski definition) is 6. The van der Waals surface area contributed by atoms with Crippen molar-refractivity contribution < 1.29 is 27.9 Å². The van der Waals surface area contributed by atoms with Crippen molar-refractivity contribution in [1.29, 1.82) is 0 Å². The van der Waals surface area contributed by atoms with Crippen LogP contribution in [0.5, 0.6) is 0 Å². The number of halogens is 3. The molecule has 0 aliphatic rings. The van der Waals surface area contributed by atoms with Crippen LogP contribution >= 0.6 is 0 Å². The van der Waals surface area contributed by atoms with E-state index in [9.17, 15) is 27.9 Å². The van der Waals surface area contributed by atoms with Crippen LogP contribution in [0, 0.1) is 6.92 Å². The largest absolute Gasteiger partial charge is 0.416 e. The highest BCUT2D eigenvalue weighted by atomic mass is 19.4. The number of amides is 1. The molecule has 0 radical (unpaired) electrons. The molecule has 4 N–H and O–H groups in total. The van der Waals surface area contributed by atoms with Crippen LogP contribution in [0.3, 0.4) is 0 Å². The van der Waals surface area contributed by atoms with Gasteiger partial charge in [0.2, 0.25) is 0 Å². The lowest BCUT2D eigenvalue weighted by atomic mass is 10.0. The number of rotatable bonds is 5. The maximum Gasteiger partial charge on any atom is 0.416 e. The first-order valence-electron chi connectivity index (χ1n) is 8.95. The van der Waals surface area contributed by atoms with E-state index < -0.39 is 23.8 Å². The number of nitrogens with two attached hydrogens (primary N) is 1. The summed E-state index contributed by atoms with van der Waals surface area (Å²) in [6, 6.07) is 8.52. The van der Waals surface area contributed by atoms with Crippen LogP contribution in [0.4, 0.5) is 24.8 Å². The Labute approximate surface area is 174 Å². The van der Waals surface area contributed by atoms with Crippen molar-refractivity contribution in [1.82, 2.24) is 9.97 Å². The standard InChI is InChI=1S/C21H17F3N4O3/c1-11-16(13-7-14(10-29)19(25)26-9-13)5-6-17(27-11)28-20(31)18(30)12-3-2-4-15(8-12)21(22,23)24/h2-10,18,30H,1H3,(H2,25,26)(H,27,28,31). The molecular weight excluding hydrogens is 413 g/mol. The second kappa shape index (κ2) is 8.52. The first kappa shape index (κ1) is 21.9. The SMILES string of the molecule is Cc1nc(NC(=O)C(O)c2cccc(C(F)(F)F)c2)ccc1-c1cnc(N)c(C=O)c1. The van der Waals surface area contributed by atoms with E-state index in [-0.39, 0.29) is 22.8 Å². The van der Waals surface area contributed by atoms with Crippen molar-refractivity contribution in [3.63, 3.8) is 0 Å². The van der Waals surface area contributed by atoms with Gasteiger partial charge in [-0.2, -0.15) is 13.2 Å². The monoisotopic (exact) mass is 430 g/mol. The highest BCUT2D eigenvalue weighted by molar-refractivity contribution is 5.94. The fraction of sp³-hybridized carbons (Fsp3) is 0.143. The molecule has 2 heterocycles. The normalized spacial score (nSPS) is 12.3. The Morgan fingerprint density at radius 2 is 1.97 bits per heavy atom. The number of pyridine rings is 2. The average Bonchev–Trinajstić information content (AvgIpc) is 2.73. The first-order chi connectivity index (χ1) is 14.6. The Balaban J connectivity index is 1.80. The van der Waals surface area contributed by atoms with E-state index in [0.29, 0.717) is 29.2 Å². The van der Waals surface area contributed by atoms with Crippen molar-refractivity contribution in [3.8, 4) is 11.1 Å². The molecule has 3 rings (SSSR count). The molecule has 1 amide bonds. The Hall–Kier alpha value is -3.79. The van der Waals surface area contributed by atoms with E-state index in [1.165, 1.54) is 18.3 Å². The highest BCUT2D eigenvalue weighted by Crippen LogP contribution is 2.31. The van der Waals surface area contributed by atoms with E-state index >= 15 is 0 Å². The number of benzene rings is 1. The third-order valence-corrected chi connectivity index (χ3v) is 4.50. The molecule has 3 aromatic rings. The number of alkyl halides is 3. The summed E-state index contributed by atoms with van der Waals surface area (Å²) in [5, 5.41) is 12.5. The zero-order valence-corrected chi connectivity index (χ0v) is 16.1. The molecule has 0 bridgehead atoms. The van der Waals surface area contributed by atoms with Crippen molar-refractivity contribution in [2.45, 2.75) is 19.2 Å². The zero-order valence-electron chi connectivity index (χ0n) is 16.1. The molecule has 0 aliphatic carbocycles. The Bertz CT molecular complexity index is 1150. The minimum atomic E-state index is -4.60. The number of nitrogen functional groups attached to an aromatic ring is 1. The fourth-order valence-electron chi connectivity index (χ4n) is 2.90. The molecule has 7 nitrogen and oxygen atoms in total. The van der Waals surface area contributed by atoms with E-state index in [1.54, 1.807) is 19.1 Å². The second-order valence-corrected chi connectivity index (χ2v) is 6.66. The van der Waals surface area contributed by atoms with Gasteiger partial charge in [-0.25, -0.2) is 9.97 Å². The molecule has 0 aliphatic heterocycles. The summed E-state index contributed by atoms with van der Waals surface area (Å²) in [5.74, 6) is -0.746. The van der Waals surface area contributed by atoms with Gasteiger partial charge in [0.1, 0.15) is 11.6 Å². The summed E-state index contributed by atoms with van der Waals surface area (Å²) in [5.41, 5.74) is 6.36. The third-order valence-electron chi connectivity index (χ3n) is 4.50. The van der Waals surface area contributed by atoms with Crippen LogP contribution in [0.1, 0.15) is 33.3 Å². The van der Waals surface area contributed by atoms with E-state index in [2.05, 4.69) is 15.3 Å². The first-order valence-corrected chi connectivity index (χ1v) is 8.95. The Morgan fingerprint density at radius 1 is 1.23 bits per heavy atom. The lowest BCUT2D eigenvalue weighted by molar-refractivity contribution is -0.138. The van der Waals surface area contributed by atoms with Crippen molar-refractivity contribution in [3.05, 3.63) is 71.0 Å². The van der Waals surface area contributed by atoms with Crippen LogP contribution in [-0.2, 0) is 11.0 Å². The predicted molar refractivity (Wildman–Crippen MR) is 107 cm³/mol. The summed E-state index contributed by atoms with van der Waals surface area (Å²) in [4.78, 5) is 31.6. The summed E-state index contributed by atoms with van der Waals surface area (Å²) in [6.45, 7) is 1.66. The molecule has 0 fully saturated rings. The molecule has 2 aromatic heterocycles. The van der Waals surface area contributed by atoms with Gasteiger partial charge in [0.15, 0.2) is 12.4 Å². The molecule has 0 spiro atoms. The van der Waals surface area contributed by atoms with Gasteiger partial charge in [-0.1, -0.05) is 12.1 Å². The van der Waals surface area contributed by atoms with E-state index in [1.807, 2.05) is 0 Å². The molecular formula is C21H17F3N4O3. The second-order valence-electron chi connectivity index (χ2n) is 6.66. The number of carbonyl (C=O) groups excluding carboxylic acids is 2. The molecule has 0 saturated heterocycles. The number of aryl methyl sites for hydroxylation is 1. The molecule has 160 valence electrons. The molecule has 31 heavy (non-hydrogen) atoms. The number of aliphatic hydroxyl groups excluding tert-OH is 1. The zero-order chi connectivity index (χ0) is 22.8. The number of carbonyl (C=O) groups is 2. The number of aromatic nitrogens is 2. The van der Waals surface area contributed by atoms with Gasteiger partial charge in [-0.05, 0) is 42.8 Å². The Kier molecular flexibility index (Phi) is 6.02. The topological polar surface area (TPSA) is 118 Å². The van der Waals surface area contributed by atoms with Crippen molar-refractivity contribution in [2.24, 2.45) is 0 Å². The van der Waals surface area contributed by atoms with Gasteiger partial charge in [0, 0.05) is 23.0 Å². The smallest absolute Gasteiger partial charge is 0.383 e. The highest BCUT2D eigenvalue weighted by Gasteiger charge is 2.31. The van der Waals surface area contributed by atoms with Gasteiger partial charge < -0.3 is 16.2 Å². The minimum Gasteiger partial charge on any atom is -0.383 e. The average molecular weight is 430 g/mol. The molecule has 1 atom stereocenters. The Morgan fingerprint density at radius 3 is 2.61 bits per heavy atom. The lowest BCUT2D eigenvalue weighted by Crippen LogP contribution is -2.22. The number of anilines is 2. The number of hydrogen-bond donors (Lipinski definition) is 3. The number of nitrogens with one attached hydrogen (secondary N) is 1. The van der Waals surface area contributed by atoms with E-state index in [4.69, 9.17) is 5.73 Å². The summed E-state index contributed by atoms with van der Waals surface area (Å²) >= 11 is 0. The van der Waals surface area contributed by atoms with Gasteiger partial charge in [-0.3, -0.25) is 9.59 Å². The van der Waals surface area contributed by atoms with Crippen molar-refractivity contribution >= 4 is 23.8 Å². The summed E-state index contributed by atoms with van der Waals surface area (Å²) < 4.78 is 38.5. The van der Waals surface area contributed by atoms with Crippen LogP contribution < -0.4 is 11.1 Å². The minimum absolute atomic E-state index is 0.0938. The maximum atomic E-state index is 12.8. The van der Waals surface area contributed by atoms with Gasteiger partial charge >= 0.3 is 6.18 Å². The maximum absolute atomic E-state index is 12.8. The van der Waals surface area contributed by atoms with Crippen LogP contribution in [0.15, 0.2) is 48.7 Å². The van der Waals surface area contributed by atoms with Crippen molar-refractivity contribution in [2.75, 3.05) is 11.1 Å². The number of aliphatic hydroxyl groups is 1. The third kappa shape index (κ3) is 4.86. The molecule has 1 unspecified atom stereocenters. The quantitative estimate of drug-likeness (QED) is 0.533. The summed E-state index contributed by atoms with van der Waals surface area (Å²) in [7, 11) is 0. The predicted octanol–water partition coefficient (Wildman–Crippen LogP) is 3.54. The number of aldehydes is 1. The molecule has 1 aromatic carbocycles.